The van der Waals surface area contributed by atoms with Crippen LogP contribution in [0, 0.1) is 0 Å². The molecule has 1 aliphatic heterocycles. The van der Waals surface area contributed by atoms with Gasteiger partial charge in [0.25, 0.3) is 5.91 Å². The first-order valence-electron chi connectivity index (χ1n) is 5.93. The van der Waals surface area contributed by atoms with Gasteiger partial charge >= 0.3 is 5.97 Å². The third kappa shape index (κ3) is 3.63. The molecule has 2 rings (SSSR count). The first kappa shape index (κ1) is 15.6. The Morgan fingerprint density at radius 2 is 2.30 bits per heavy atom. The molecule has 0 radical (unpaired) electrons. The molecule has 1 aromatic rings. The quantitative estimate of drug-likeness (QED) is 0.795. The molecule has 2 heterocycles. The number of esters is 1. The lowest BCUT2D eigenvalue weighted by molar-refractivity contribution is -0.145. The second kappa shape index (κ2) is 6.76. The van der Waals surface area contributed by atoms with Crippen LogP contribution < -0.4 is 0 Å². The van der Waals surface area contributed by atoms with E-state index in [1.54, 1.807) is 11.0 Å². The van der Waals surface area contributed by atoms with E-state index < -0.39 is 0 Å². The summed E-state index contributed by atoms with van der Waals surface area (Å²) in [6.45, 7) is 1.17. The van der Waals surface area contributed by atoms with Crippen LogP contribution in [0.4, 0.5) is 0 Å². The van der Waals surface area contributed by atoms with Crippen LogP contribution in [0.5, 0.6) is 0 Å². The Hall–Kier alpha value is -0.820. The Morgan fingerprint density at radius 1 is 1.55 bits per heavy atom. The van der Waals surface area contributed by atoms with E-state index in [1.807, 2.05) is 0 Å². The Bertz CT molecular complexity index is 520. The minimum atomic E-state index is -0.360. The van der Waals surface area contributed by atoms with Crippen LogP contribution in [-0.2, 0) is 14.3 Å². The molecule has 1 fully saturated rings. The summed E-state index contributed by atoms with van der Waals surface area (Å²) in [4.78, 5) is 25.2. The highest BCUT2D eigenvalue weighted by molar-refractivity contribution is 7.20. The van der Waals surface area contributed by atoms with Crippen molar-refractivity contribution in [2.45, 2.75) is 12.5 Å². The first-order valence-corrected chi connectivity index (χ1v) is 7.51. The highest BCUT2D eigenvalue weighted by atomic mass is 35.5. The predicted molar refractivity (Wildman–Crippen MR) is 76.6 cm³/mol. The summed E-state index contributed by atoms with van der Waals surface area (Å²) in [5.74, 6) is -0.558. The number of nitrogens with zero attached hydrogens (tertiary/aromatic N) is 1. The molecule has 5 nitrogen and oxygen atoms in total. The van der Waals surface area contributed by atoms with E-state index in [0.717, 1.165) is 11.3 Å². The molecule has 1 aromatic heterocycles. The van der Waals surface area contributed by atoms with Gasteiger partial charge in [-0.1, -0.05) is 23.2 Å². The van der Waals surface area contributed by atoms with Crippen molar-refractivity contribution in [2.24, 2.45) is 0 Å². The van der Waals surface area contributed by atoms with Crippen LogP contribution in [0.2, 0.25) is 8.67 Å². The zero-order valence-corrected chi connectivity index (χ0v) is 13.1. The average Bonchev–Trinajstić information content (AvgIpc) is 2.77. The smallest absolute Gasteiger partial charge is 0.308 e. The van der Waals surface area contributed by atoms with Gasteiger partial charge in [0.05, 0.1) is 36.1 Å². The molecule has 0 aromatic carbocycles. The minimum Gasteiger partial charge on any atom is -0.469 e. The van der Waals surface area contributed by atoms with Crippen LogP contribution in [-0.4, -0.2) is 49.7 Å². The zero-order chi connectivity index (χ0) is 14.7. The van der Waals surface area contributed by atoms with E-state index >= 15 is 0 Å². The highest BCUT2D eigenvalue weighted by Crippen LogP contribution is 2.32. The summed E-state index contributed by atoms with van der Waals surface area (Å²) < 4.78 is 10.9. The van der Waals surface area contributed by atoms with Gasteiger partial charge in [0.1, 0.15) is 4.34 Å². The normalized spacial score (nSPS) is 18.9. The highest BCUT2D eigenvalue weighted by Gasteiger charge is 2.28. The lowest BCUT2D eigenvalue weighted by Crippen LogP contribution is -2.46. The standard InChI is InChI=1S/C12H13Cl2NO4S/c1-18-10(16)4-7-6-15(2-3-19-7)12(17)8-5-9(13)20-11(8)14/h5,7H,2-4,6H2,1H3. The maximum atomic E-state index is 12.4. The van der Waals surface area contributed by atoms with Gasteiger partial charge in [-0.2, -0.15) is 0 Å². The zero-order valence-electron chi connectivity index (χ0n) is 10.7. The predicted octanol–water partition coefficient (Wildman–Crippen LogP) is 2.46. The first-order chi connectivity index (χ1) is 9.51. The van der Waals surface area contributed by atoms with Crippen LogP contribution in [0.15, 0.2) is 6.07 Å². The van der Waals surface area contributed by atoms with E-state index in [2.05, 4.69) is 4.74 Å². The number of halogens is 2. The Labute approximate surface area is 130 Å². The number of carbonyl (C=O) groups excluding carboxylic acids is 2. The van der Waals surface area contributed by atoms with Crippen molar-refractivity contribution in [3.8, 4) is 0 Å². The molecule has 1 amide bonds. The van der Waals surface area contributed by atoms with E-state index in [9.17, 15) is 9.59 Å². The van der Waals surface area contributed by atoms with Gasteiger partial charge in [-0.15, -0.1) is 11.3 Å². The lowest BCUT2D eigenvalue weighted by atomic mass is 10.2. The molecule has 20 heavy (non-hydrogen) atoms. The number of amides is 1. The molecule has 1 unspecified atom stereocenters. The second-order valence-electron chi connectivity index (χ2n) is 4.26. The Morgan fingerprint density at radius 3 is 2.90 bits per heavy atom. The Kier molecular flexibility index (Phi) is 5.26. The maximum Gasteiger partial charge on any atom is 0.308 e. The summed E-state index contributed by atoms with van der Waals surface area (Å²) in [7, 11) is 1.32. The van der Waals surface area contributed by atoms with Crippen molar-refractivity contribution >= 4 is 46.4 Å². The van der Waals surface area contributed by atoms with E-state index in [-0.39, 0.29) is 24.4 Å². The van der Waals surface area contributed by atoms with Crippen molar-refractivity contribution < 1.29 is 19.1 Å². The molecule has 0 spiro atoms. The molecular formula is C12H13Cl2NO4S. The topological polar surface area (TPSA) is 55.8 Å². The number of carbonyl (C=O) groups is 2. The summed E-state index contributed by atoms with van der Waals surface area (Å²) in [5, 5.41) is 0. The van der Waals surface area contributed by atoms with E-state index in [4.69, 9.17) is 27.9 Å². The fourth-order valence-electron chi connectivity index (χ4n) is 1.95. The van der Waals surface area contributed by atoms with Crippen LogP contribution in [0.25, 0.3) is 0 Å². The molecule has 110 valence electrons. The minimum absolute atomic E-state index is 0.123. The number of morpholine rings is 1. The van der Waals surface area contributed by atoms with Gasteiger partial charge in [-0.05, 0) is 6.07 Å². The largest absolute Gasteiger partial charge is 0.469 e. The molecule has 1 atom stereocenters. The van der Waals surface area contributed by atoms with Gasteiger partial charge in [-0.3, -0.25) is 9.59 Å². The summed E-state index contributed by atoms with van der Waals surface area (Å²) in [6, 6.07) is 1.56. The molecular weight excluding hydrogens is 325 g/mol. The SMILES string of the molecule is COC(=O)CC1CN(C(=O)c2cc(Cl)sc2Cl)CCO1. The van der Waals surface area contributed by atoms with Gasteiger partial charge in [0.15, 0.2) is 0 Å². The van der Waals surface area contributed by atoms with E-state index in [0.29, 0.717) is 33.9 Å². The van der Waals surface area contributed by atoms with Gasteiger partial charge in [-0.25, -0.2) is 0 Å². The van der Waals surface area contributed by atoms with Crippen molar-refractivity contribution in [1.29, 1.82) is 0 Å². The molecule has 0 aliphatic carbocycles. The summed E-state index contributed by atoms with van der Waals surface area (Å²) in [6.07, 6.45) is -0.230. The lowest BCUT2D eigenvalue weighted by Gasteiger charge is -2.32. The van der Waals surface area contributed by atoms with Crippen molar-refractivity contribution in [3.05, 3.63) is 20.3 Å². The van der Waals surface area contributed by atoms with Crippen molar-refractivity contribution in [3.63, 3.8) is 0 Å². The number of methoxy groups -OCH3 is 1. The number of ether oxygens (including phenoxy) is 2. The third-order valence-electron chi connectivity index (χ3n) is 2.94. The number of rotatable bonds is 3. The fourth-order valence-corrected chi connectivity index (χ4v) is 3.40. The molecule has 1 saturated heterocycles. The van der Waals surface area contributed by atoms with Gasteiger partial charge in [0.2, 0.25) is 0 Å². The molecule has 1 aliphatic rings. The van der Waals surface area contributed by atoms with E-state index in [1.165, 1.54) is 7.11 Å². The fraction of sp³-hybridized carbons (Fsp3) is 0.500. The van der Waals surface area contributed by atoms with Gasteiger partial charge < -0.3 is 14.4 Å². The van der Waals surface area contributed by atoms with Crippen LogP contribution in [0.1, 0.15) is 16.8 Å². The van der Waals surface area contributed by atoms with Crippen molar-refractivity contribution in [1.82, 2.24) is 4.90 Å². The summed E-state index contributed by atoms with van der Waals surface area (Å²) in [5.41, 5.74) is 0.389. The second-order valence-corrected chi connectivity index (χ2v) is 6.55. The maximum absolute atomic E-state index is 12.4. The third-order valence-corrected chi connectivity index (χ3v) is 4.42. The molecule has 0 N–H and O–H groups in total. The van der Waals surface area contributed by atoms with Crippen LogP contribution >= 0.6 is 34.5 Å². The molecule has 0 bridgehead atoms. The monoisotopic (exact) mass is 337 g/mol. The number of thiophene rings is 1. The van der Waals surface area contributed by atoms with Crippen molar-refractivity contribution in [2.75, 3.05) is 26.8 Å². The Balaban J connectivity index is 2.03. The van der Waals surface area contributed by atoms with Gasteiger partial charge in [0, 0.05) is 13.1 Å². The average molecular weight is 338 g/mol. The molecule has 0 saturated carbocycles. The number of hydrogen-bond donors (Lipinski definition) is 0. The van der Waals surface area contributed by atoms with Crippen LogP contribution in [0.3, 0.4) is 0 Å². The summed E-state index contributed by atoms with van der Waals surface area (Å²) >= 11 is 13.0. The number of hydrogen-bond acceptors (Lipinski definition) is 5. The molecule has 8 heteroatoms.